The van der Waals surface area contributed by atoms with Crippen LogP contribution in [0.15, 0.2) is 48.8 Å². The zero-order valence-electron chi connectivity index (χ0n) is 11.9. The number of nitrogens with zero attached hydrogens (tertiary/aromatic N) is 2. The van der Waals surface area contributed by atoms with Crippen molar-refractivity contribution >= 4 is 0 Å². The van der Waals surface area contributed by atoms with Crippen molar-refractivity contribution in [2.45, 2.75) is 25.1 Å². The Labute approximate surface area is 124 Å². The number of pyridine rings is 1. The normalized spacial score (nSPS) is 20.7. The van der Waals surface area contributed by atoms with Crippen LogP contribution in [0.25, 0.3) is 0 Å². The van der Waals surface area contributed by atoms with Crippen LogP contribution in [0.3, 0.4) is 0 Å². The van der Waals surface area contributed by atoms with Gasteiger partial charge in [-0.05, 0) is 29.2 Å². The van der Waals surface area contributed by atoms with Crippen molar-refractivity contribution in [3.8, 4) is 0 Å². The first-order valence-corrected chi connectivity index (χ1v) is 7.29. The Morgan fingerprint density at radius 1 is 1.19 bits per heavy atom. The van der Waals surface area contributed by atoms with E-state index in [0.29, 0.717) is 13.1 Å². The van der Waals surface area contributed by atoms with Gasteiger partial charge in [-0.15, -0.1) is 0 Å². The van der Waals surface area contributed by atoms with E-state index in [-0.39, 0.29) is 12.6 Å². The Kier molecular flexibility index (Phi) is 4.29. The zero-order valence-corrected chi connectivity index (χ0v) is 11.9. The highest BCUT2D eigenvalue weighted by Gasteiger charge is 2.34. The SMILES string of the molecule is OCCN(Cc1cccnc1)C1Cc2ccccc2C1O. The van der Waals surface area contributed by atoms with Crippen molar-refractivity contribution in [3.63, 3.8) is 0 Å². The second-order valence-corrected chi connectivity index (χ2v) is 5.47. The molecule has 0 saturated heterocycles. The summed E-state index contributed by atoms with van der Waals surface area (Å²) < 4.78 is 0. The van der Waals surface area contributed by atoms with Crippen LogP contribution in [0, 0.1) is 0 Å². The summed E-state index contributed by atoms with van der Waals surface area (Å²) in [5.41, 5.74) is 3.30. The predicted octanol–water partition coefficient (Wildman–Crippen LogP) is 1.53. The number of aromatic nitrogens is 1. The molecule has 2 unspecified atom stereocenters. The Bertz CT molecular complexity index is 588. The number of benzene rings is 1. The summed E-state index contributed by atoms with van der Waals surface area (Å²) in [4.78, 5) is 6.27. The fourth-order valence-corrected chi connectivity index (χ4v) is 3.10. The third-order valence-corrected chi connectivity index (χ3v) is 4.13. The number of fused-ring (bicyclic) bond motifs is 1. The highest BCUT2D eigenvalue weighted by atomic mass is 16.3. The minimum absolute atomic E-state index is 0.00903. The fourth-order valence-electron chi connectivity index (χ4n) is 3.10. The van der Waals surface area contributed by atoms with Crippen molar-refractivity contribution in [2.75, 3.05) is 13.2 Å². The number of rotatable bonds is 5. The topological polar surface area (TPSA) is 56.6 Å². The molecule has 0 bridgehead atoms. The standard InChI is InChI=1S/C17H20N2O2/c20-9-8-19(12-13-4-3-7-18-11-13)16-10-14-5-1-2-6-15(14)17(16)21/h1-7,11,16-17,20-21H,8-10,12H2. The van der Waals surface area contributed by atoms with Crippen LogP contribution in [0.2, 0.25) is 0 Å². The van der Waals surface area contributed by atoms with Gasteiger partial charge in [0.05, 0.1) is 12.7 Å². The number of hydrogen-bond acceptors (Lipinski definition) is 4. The van der Waals surface area contributed by atoms with E-state index in [9.17, 15) is 10.2 Å². The van der Waals surface area contributed by atoms with Gasteiger partial charge in [0.25, 0.3) is 0 Å². The largest absolute Gasteiger partial charge is 0.395 e. The molecule has 110 valence electrons. The Morgan fingerprint density at radius 2 is 2.05 bits per heavy atom. The highest BCUT2D eigenvalue weighted by Crippen LogP contribution is 2.34. The van der Waals surface area contributed by atoms with E-state index in [4.69, 9.17) is 0 Å². The molecule has 0 aliphatic heterocycles. The van der Waals surface area contributed by atoms with Crippen LogP contribution in [-0.2, 0) is 13.0 Å². The first kappa shape index (κ1) is 14.2. The summed E-state index contributed by atoms with van der Waals surface area (Å²) in [5.74, 6) is 0. The molecule has 0 saturated carbocycles. The molecule has 3 rings (SSSR count). The van der Waals surface area contributed by atoms with E-state index in [1.165, 1.54) is 5.56 Å². The molecule has 0 spiro atoms. The Morgan fingerprint density at radius 3 is 2.76 bits per heavy atom. The monoisotopic (exact) mass is 284 g/mol. The molecule has 21 heavy (non-hydrogen) atoms. The predicted molar refractivity (Wildman–Crippen MR) is 80.6 cm³/mol. The van der Waals surface area contributed by atoms with Crippen molar-refractivity contribution in [3.05, 3.63) is 65.5 Å². The summed E-state index contributed by atoms with van der Waals surface area (Å²) in [5, 5.41) is 19.9. The van der Waals surface area contributed by atoms with E-state index < -0.39 is 6.10 Å². The van der Waals surface area contributed by atoms with E-state index in [1.54, 1.807) is 6.20 Å². The van der Waals surface area contributed by atoms with Crippen LogP contribution in [0.1, 0.15) is 22.8 Å². The lowest BCUT2D eigenvalue weighted by atomic mass is 10.1. The van der Waals surface area contributed by atoms with Crippen molar-refractivity contribution < 1.29 is 10.2 Å². The van der Waals surface area contributed by atoms with Gasteiger partial charge in [-0.2, -0.15) is 0 Å². The summed E-state index contributed by atoms with van der Waals surface area (Å²) in [6, 6.07) is 12.0. The molecule has 4 nitrogen and oxygen atoms in total. The molecule has 2 atom stereocenters. The number of hydrogen-bond donors (Lipinski definition) is 2. The van der Waals surface area contributed by atoms with Gasteiger partial charge in [0.2, 0.25) is 0 Å². The molecule has 2 aromatic rings. The second kappa shape index (κ2) is 6.35. The maximum Gasteiger partial charge on any atom is 0.0951 e. The smallest absolute Gasteiger partial charge is 0.0951 e. The molecule has 1 aliphatic carbocycles. The van der Waals surface area contributed by atoms with Crippen LogP contribution >= 0.6 is 0 Å². The lowest BCUT2D eigenvalue weighted by Crippen LogP contribution is -2.39. The van der Waals surface area contributed by atoms with E-state index in [0.717, 1.165) is 17.5 Å². The second-order valence-electron chi connectivity index (χ2n) is 5.47. The van der Waals surface area contributed by atoms with Crippen LogP contribution < -0.4 is 0 Å². The third-order valence-electron chi connectivity index (χ3n) is 4.13. The molecule has 1 aromatic heterocycles. The van der Waals surface area contributed by atoms with Gasteiger partial charge in [-0.1, -0.05) is 30.3 Å². The van der Waals surface area contributed by atoms with E-state index in [1.807, 2.05) is 36.5 Å². The maximum absolute atomic E-state index is 10.6. The molecule has 1 aliphatic rings. The summed E-state index contributed by atoms with van der Waals surface area (Å²) >= 11 is 0. The maximum atomic E-state index is 10.6. The molecule has 4 heteroatoms. The summed E-state index contributed by atoms with van der Waals surface area (Å²) in [6.07, 6.45) is 3.90. The molecule has 0 radical (unpaired) electrons. The Balaban J connectivity index is 1.79. The number of aliphatic hydroxyl groups excluding tert-OH is 2. The van der Waals surface area contributed by atoms with Gasteiger partial charge in [0, 0.05) is 31.5 Å². The zero-order chi connectivity index (χ0) is 14.7. The van der Waals surface area contributed by atoms with Gasteiger partial charge < -0.3 is 10.2 Å². The molecule has 1 aromatic carbocycles. The minimum Gasteiger partial charge on any atom is -0.395 e. The lowest BCUT2D eigenvalue weighted by Gasteiger charge is -2.30. The molecule has 2 N–H and O–H groups in total. The molecule has 0 fully saturated rings. The van der Waals surface area contributed by atoms with Gasteiger partial charge in [-0.25, -0.2) is 0 Å². The van der Waals surface area contributed by atoms with Crippen LogP contribution in [0.4, 0.5) is 0 Å². The summed E-state index contributed by atoms with van der Waals surface area (Å²) in [6.45, 7) is 1.31. The Hall–Kier alpha value is -1.75. The molecular weight excluding hydrogens is 264 g/mol. The average molecular weight is 284 g/mol. The van der Waals surface area contributed by atoms with Crippen molar-refractivity contribution in [1.82, 2.24) is 9.88 Å². The van der Waals surface area contributed by atoms with Crippen molar-refractivity contribution in [2.24, 2.45) is 0 Å². The van der Waals surface area contributed by atoms with Gasteiger partial charge in [0.15, 0.2) is 0 Å². The quantitative estimate of drug-likeness (QED) is 0.874. The van der Waals surface area contributed by atoms with Crippen LogP contribution in [-0.4, -0.2) is 39.3 Å². The van der Waals surface area contributed by atoms with Crippen molar-refractivity contribution in [1.29, 1.82) is 0 Å². The van der Waals surface area contributed by atoms with Gasteiger partial charge in [0.1, 0.15) is 0 Å². The highest BCUT2D eigenvalue weighted by molar-refractivity contribution is 5.36. The molecular formula is C17H20N2O2. The number of aliphatic hydroxyl groups is 2. The summed E-state index contributed by atoms with van der Waals surface area (Å²) in [7, 11) is 0. The van der Waals surface area contributed by atoms with Gasteiger partial charge >= 0.3 is 0 Å². The third kappa shape index (κ3) is 2.97. The average Bonchev–Trinajstić information content (AvgIpc) is 2.85. The first-order valence-electron chi connectivity index (χ1n) is 7.29. The first-order chi connectivity index (χ1) is 10.3. The minimum atomic E-state index is -0.496. The van der Waals surface area contributed by atoms with E-state index in [2.05, 4.69) is 16.0 Å². The molecule has 1 heterocycles. The van der Waals surface area contributed by atoms with Crippen LogP contribution in [0.5, 0.6) is 0 Å². The molecule has 0 amide bonds. The van der Waals surface area contributed by atoms with E-state index >= 15 is 0 Å². The fraction of sp³-hybridized carbons (Fsp3) is 0.353. The van der Waals surface area contributed by atoms with Gasteiger partial charge in [-0.3, -0.25) is 9.88 Å². The lowest BCUT2D eigenvalue weighted by molar-refractivity contribution is 0.0452.